The number of ether oxygens (including phenoxy) is 1. The van der Waals surface area contributed by atoms with Crippen molar-refractivity contribution in [2.45, 2.75) is 38.8 Å². The van der Waals surface area contributed by atoms with Gasteiger partial charge in [-0.3, -0.25) is 5.32 Å². The first-order chi connectivity index (χ1) is 8.85. The van der Waals surface area contributed by atoms with Crippen LogP contribution >= 0.6 is 11.6 Å². The molecule has 0 aliphatic carbocycles. The number of hydrogen-bond donors (Lipinski definition) is 2. The van der Waals surface area contributed by atoms with E-state index in [1.807, 2.05) is 32.9 Å². The fourth-order valence-corrected chi connectivity index (χ4v) is 2.08. The van der Waals surface area contributed by atoms with Crippen LogP contribution in [0, 0.1) is 0 Å². The van der Waals surface area contributed by atoms with Crippen molar-refractivity contribution in [2.24, 2.45) is 0 Å². The lowest BCUT2D eigenvalue weighted by Crippen LogP contribution is -2.36. The maximum Gasteiger partial charge on any atom is 0.412 e. The molecule has 0 aromatic heterocycles. The van der Waals surface area contributed by atoms with E-state index in [4.69, 9.17) is 16.3 Å². The van der Waals surface area contributed by atoms with Crippen LogP contribution in [-0.4, -0.2) is 18.2 Å². The number of halogens is 1. The minimum atomic E-state index is -0.516. The van der Waals surface area contributed by atoms with Gasteiger partial charge in [0.1, 0.15) is 5.60 Å². The molecule has 1 amide bonds. The van der Waals surface area contributed by atoms with E-state index in [1.54, 1.807) is 6.07 Å². The van der Waals surface area contributed by atoms with Gasteiger partial charge >= 0.3 is 6.09 Å². The van der Waals surface area contributed by atoms with Gasteiger partial charge in [-0.25, -0.2) is 4.79 Å². The van der Waals surface area contributed by atoms with Gasteiger partial charge in [0, 0.05) is 11.1 Å². The molecule has 1 saturated heterocycles. The standard InChI is InChI=1S/C14H19ClN2O2/c1-14(2,3)19-13(18)17-12-8-9(15)4-5-10(12)11-6-7-16-11/h4-5,8,11,16H,6-7H2,1-3H3,(H,17,18). The Labute approximate surface area is 118 Å². The second kappa shape index (κ2) is 5.39. The lowest BCUT2D eigenvalue weighted by molar-refractivity contribution is 0.0635. The summed E-state index contributed by atoms with van der Waals surface area (Å²) in [7, 11) is 0. The summed E-state index contributed by atoms with van der Waals surface area (Å²) in [6.07, 6.45) is 0.598. The molecule has 2 rings (SSSR count). The van der Waals surface area contributed by atoms with Crippen LogP contribution in [0.4, 0.5) is 10.5 Å². The molecule has 0 saturated carbocycles. The Morgan fingerprint density at radius 3 is 2.68 bits per heavy atom. The van der Waals surface area contributed by atoms with Gasteiger partial charge in [0.2, 0.25) is 0 Å². The van der Waals surface area contributed by atoms with Crippen LogP contribution in [0.5, 0.6) is 0 Å². The zero-order valence-corrected chi connectivity index (χ0v) is 12.2. The summed E-state index contributed by atoms with van der Waals surface area (Å²) in [5, 5.41) is 6.67. The fourth-order valence-electron chi connectivity index (χ4n) is 1.91. The summed E-state index contributed by atoms with van der Waals surface area (Å²) in [5.41, 5.74) is 1.23. The highest BCUT2D eigenvalue weighted by Gasteiger charge is 2.23. The number of carbonyl (C=O) groups is 1. The molecule has 1 fully saturated rings. The monoisotopic (exact) mass is 282 g/mol. The quantitative estimate of drug-likeness (QED) is 0.869. The third-order valence-electron chi connectivity index (χ3n) is 2.85. The summed E-state index contributed by atoms with van der Waals surface area (Å²) in [4.78, 5) is 11.8. The SMILES string of the molecule is CC(C)(C)OC(=O)Nc1cc(Cl)ccc1C1CCN1. The lowest BCUT2D eigenvalue weighted by atomic mass is 9.96. The van der Waals surface area contributed by atoms with E-state index in [0.717, 1.165) is 18.5 Å². The first kappa shape index (κ1) is 14.2. The van der Waals surface area contributed by atoms with Crippen LogP contribution in [0.15, 0.2) is 18.2 Å². The third-order valence-corrected chi connectivity index (χ3v) is 3.09. The van der Waals surface area contributed by atoms with Crippen molar-refractivity contribution in [3.8, 4) is 0 Å². The summed E-state index contributed by atoms with van der Waals surface area (Å²) in [6, 6.07) is 5.80. The van der Waals surface area contributed by atoms with E-state index < -0.39 is 11.7 Å². The lowest BCUT2D eigenvalue weighted by Gasteiger charge is -2.30. The molecule has 0 radical (unpaired) electrons. The molecular weight excluding hydrogens is 264 g/mol. The van der Waals surface area contributed by atoms with E-state index in [2.05, 4.69) is 10.6 Å². The molecule has 1 aromatic carbocycles. The van der Waals surface area contributed by atoms with Crippen molar-refractivity contribution < 1.29 is 9.53 Å². The zero-order chi connectivity index (χ0) is 14.0. The average molecular weight is 283 g/mol. The normalized spacial score (nSPS) is 18.6. The maximum atomic E-state index is 11.8. The molecule has 19 heavy (non-hydrogen) atoms. The molecule has 2 N–H and O–H groups in total. The number of benzene rings is 1. The molecule has 1 atom stereocenters. The van der Waals surface area contributed by atoms with E-state index in [9.17, 15) is 4.79 Å². The fraction of sp³-hybridized carbons (Fsp3) is 0.500. The van der Waals surface area contributed by atoms with Gasteiger partial charge in [0.15, 0.2) is 0 Å². The van der Waals surface area contributed by atoms with Crippen molar-refractivity contribution in [1.82, 2.24) is 5.32 Å². The number of hydrogen-bond acceptors (Lipinski definition) is 3. The van der Waals surface area contributed by atoms with Crippen LogP contribution < -0.4 is 10.6 Å². The molecule has 5 heteroatoms. The van der Waals surface area contributed by atoms with E-state index in [-0.39, 0.29) is 6.04 Å². The number of rotatable bonds is 2. The van der Waals surface area contributed by atoms with Crippen LogP contribution in [-0.2, 0) is 4.74 Å². The van der Waals surface area contributed by atoms with Crippen LogP contribution in [0.2, 0.25) is 5.02 Å². The average Bonchev–Trinajstić information content (AvgIpc) is 2.16. The van der Waals surface area contributed by atoms with E-state index >= 15 is 0 Å². The third kappa shape index (κ3) is 3.85. The molecule has 4 nitrogen and oxygen atoms in total. The van der Waals surface area contributed by atoms with Crippen LogP contribution in [0.1, 0.15) is 38.8 Å². The van der Waals surface area contributed by atoms with Crippen molar-refractivity contribution in [3.05, 3.63) is 28.8 Å². The van der Waals surface area contributed by atoms with E-state index in [0.29, 0.717) is 10.7 Å². The maximum absolute atomic E-state index is 11.8. The van der Waals surface area contributed by atoms with Gasteiger partial charge in [-0.05, 0) is 51.4 Å². The number of amides is 1. The summed E-state index contributed by atoms with van der Waals surface area (Å²) in [6.45, 7) is 6.50. The van der Waals surface area contributed by atoms with Crippen molar-refractivity contribution in [2.75, 3.05) is 11.9 Å². The molecule has 0 spiro atoms. The molecular formula is C14H19ClN2O2. The summed E-state index contributed by atoms with van der Waals surface area (Å²) < 4.78 is 5.25. The van der Waals surface area contributed by atoms with Crippen LogP contribution in [0.25, 0.3) is 0 Å². The number of carbonyl (C=O) groups excluding carboxylic acids is 1. The highest BCUT2D eigenvalue weighted by molar-refractivity contribution is 6.31. The van der Waals surface area contributed by atoms with Gasteiger partial charge in [-0.2, -0.15) is 0 Å². The molecule has 0 bridgehead atoms. The first-order valence-electron chi connectivity index (χ1n) is 6.38. The van der Waals surface area contributed by atoms with Gasteiger partial charge in [0.25, 0.3) is 0 Å². The highest BCUT2D eigenvalue weighted by Crippen LogP contribution is 2.31. The van der Waals surface area contributed by atoms with Gasteiger partial charge in [-0.15, -0.1) is 0 Å². The second-order valence-electron chi connectivity index (χ2n) is 5.65. The summed E-state index contributed by atoms with van der Waals surface area (Å²) >= 11 is 5.99. The number of nitrogens with one attached hydrogen (secondary N) is 2. The summed E-state index contributed by atoms with van der Waals surface area (Å²) in [5.74, 6) is 0. The van der Waals surface area contributed by atoms with Gasteiger partial charge in [0.05, 0.1) is 5.69 Å². The highest BCUT2D eigenvalue weighted by atomic mass is 35.5. The minimum absolute atomic E-state index is 0.280. The molecule has 1 aliphatic heterocycles. The van der Waals surface area contributed by atoms with Crippen molar-refractivity contribution in [3.63, 3.8) is 0 Å². The molecule has 1 aromatic rings. The predicted molar refractivity (Wildman–Crippen MR) is 76.7 cm³/mol. The molecule has 1 unspecified atom stereocenters. The van der Waals surface area contributed by atoms with Gasteiger partial charge < -0.3 is 10.1 Å². The Balaban J connectivity index is 2.14. The van der Waals surface area contributed by atoms with Crippen LogP contribution in [0.3, 0.4) is 0 Å². The predicted octanol–water partition coefficient (Wildman–Crippen LogP) is 3.72. The topological polar surface area (TPSA) is 50.4 Å². The number of anilines is 1. The Morgan fingerprint density at radius 1 is 1.47 bits per heavy atom. The zero-order valence-electron chi connectivity index (χ0n) is 11.4. The Kier molecular flexibility index (Phi) is 4.02. The smallest absolute Gasteiger partial charge is 0.412 e. The second-order valence-corrected chi connectivity index (χ2v) is 6.09. The largest absolute Gasteiger partial charge is 0.444 e. The van der Waals surface area contributed by atoms with Gasteiger partial charge in [-0.1, -0.05) is 17.7 Å². The van der Waals surface area contributed by atoms with Crippen molar-refractivity contribution >= 4 is 23.4 Å². The Hall–Kier alpha value is -1.26. The first-order valence-corrected chi connectivity index (χ1v) is 6.76. The molecule has 104 valence electrons. The van der Waals surface area contributed by atoms with Crippen molar-refractivity contribution in [1.29, 1.82) is 0 Å². The van der Waals surface area contributed by atoms with E-state index in [1.165, 1.54) is 0 Å². The molecule has 1 heterocycles. The minimum Gasteiger partial charge on any atom is -0.444 e. The molecule has 1 aliphatic rings. The Morgan fingerprint density at radius 2 is 2.16 bits per heavy atom. The Bertz CT molecular complexity index is 479.